The Morgan fingerprint density at radius 2 is 0.625 bits per heavy atom. The fourth-order valence-electron chi connectivity index (χ4n) is 7.36. The van der Waals surface area contributed by atoms with Crippen LogP contribution in [0.4, 0.5) is 0 Å². The number of H-pyrrole nitrogens is 2. The molecule has 0 spiro atoms. The molecule has 0 saturated heterocycles. The van der Waals surface area contributed by atoms with Gasteiger partial charge in [-0.15, -0.1) is 0 Å². The first-order chi connectivity index (χ1) is 25.4. The molecule has 0 atom stereocenters. The monoisotopic (exact) mass is 818 g/mol. The smallest absolute Gasteiger partial charge is 0.176 e. The lowest BCUT2D eigenvalue weighted by molar-refractivity contribution is -0.671. The number of hydrogen-bond donors (Lipinski definition) is 2. The average Bonchev–Trinajstić information content (AvgIpc) is 3.96. The molecule has 0 fully saturated rings. The van der Waals surface area contributed by atoms with Gasteiger partial charge in [-0.1, -0.05) is 0 Å². The van der Waals surface area contributed by atoms with E-state index < -0.39 is 0 Å². The van der Waals surface area contributed by atoms with Crippen LogP contribution >= 0.6 is 0 Å². The summed E-state index contributed by atoms with van der Waals surface area (Å²) in [5.41, 5.74) is 15.8. The zero-order valence-corrected chi connectivity index (χ0v) is 34.1. The van der Waals surface area contributed by atoms with Crippen LogP contribution in [0.2, 0.25) is 0 Å². The lowest BCUT2D eigenvalue weighted by atomic mass is 10.0. The molecule has 8 nitrogen and oxygen atoms in total. The van der Waals surface area contributed by atoms with Crippen molar-refractivity contribution in [3.63, 3.8) is 0 Å². The van der Waals surface area contributed by atoms with Crippen molar-refractivity contribution in [2.45, 2.75) is 0 Å². The van der Waals surface area contributed by atoms with Gasteiger partial charge in [-0.25, -0.2) is 28.2 Å². The summed E-state index contributed by atoms with van der Waals surface area (Å²) >= 11 is 0. The molecule has 9 heterocycles. The highest BCUT2D eigenvalue weighted by molar-refractivity contribution is 5.99. The van der Waals surface area contributed by atoms with Crippen LogP contribution in [0, 0.1) is 0 Å². The molecule has 0 amide bonds. The van der Waals surface area contributed by atoms with E-state index >= 15 is 0 Å². The molecule has 0 saturated carbocycles. The number of halogens is 4. The molecule has 0 aromatic carbocycles. The van der Waals surface area contributed by atoms with Crippen LogP contribution in [0.15, 0.2) is 122 Å². The van der Waals surface area contributed by atoms with Gasteiger partial charge in [-0.2, -0.15) is 0 Å². The Morgan fingerprint density at radius 1 is 0.357 bits per heavy atom. The van der Waals surface area contributed by atoms with E-state index in [2.05, 4.69) is 163 Å². The largest absolute Gasteiger partial charge is 1.00 e. The Labute approximate surface area is 350 Å². The Bertz CT molecular complexity index is 2680. The van der Waals surface area contributed by atoms with Gasteiger partial charge < -0.3 is 59.6 Å². The number of aryl methyl sites for hydroxylation is 4. The molecular formula is C44H38Cl4N8. The van der Waals surface area contributed by atoms with Gasteiger partial charge in [0.05, 0.1) is 28.3 Å². The molecule has 0 radical (unpaired) electrons. The minimum Gasteiger partial charge on any atom is -1.00 e. The lowest BCUT2D eigenvalue weighted by Crippen LogP contribution is -3.00. The second-order valence-corrected chi connectivity index (χ2v) is 13.5. The highest BCUT2D eigenvalue weighted by Gasteiger charge is 2.21. The first-order valence-corrected chi connectivity index (χ1v) is 17.4. The van der Waals surface area contributed by atoms with E-state index in [1.807, 2.05) is 39.7 Å². The van der Waals surface area contributed by atoms with Crippen molar-refractivity contribution in [3.05, 3.63) is 145 Å². The molecule has 56 heavy (non-hydrogen) atoms. The molecule has 282 valence electrons. The van der Waals surface area contributed by atoms with E-state index in [0.29, 0.717) is 0 Å². The maximum Gasteiger partial charge on any atom is 0.176 e. The molecule has 8 bridgehead atoms. The zero-order chi connectivity index (χ0) is 35.3. The van der Waals surface area contributed by atoms with Crippen LogP contribution in [-0.2, 0) is 28.2 Å². The third-order valence-electron chi connectivity index (χ3n) is 9.67. The maximum atomic E-state index is 5.39. The van der Waals surface area contributed by atoms with Gasteiger partial charge in [-0.05, 0) is 72.8 Å². The number of aromatic nitrogens is 8. The molecule has 9 rings (SSSR count). The van der Waals surface area contributed by atoms with Crippen molar-refractivity contribution < 1.29 is 67.9 Å². The molecule has 2 aliphatic heterocycles. The van der Waals surface area contributed by atoms with Crippen LogP contribution in [0.1, 0.15) is 22.8 Å². The minimum atomic E-state index is 0. The van der Waals surface area contributed by atoms with Crippen molar-refractivity contribution in [1.82, 2.24) is 19.9 Å². The second kappa shape index (κ2) is 17.0. The summed E-state index contributed by atoms with van der Waals surface area (Å²) in [6, 6.07) is 25.6. The molecule has 12 heteroatoms. The van der Waals surface area contributed by atoms with Crippen LogP contribution < -0.4 is 67.9 Å². The number of nitrogens with zero attached hydrogens (tertiary/aromatic N) is 6. The topological polar surface area (TPSA) is 72.9 Å². The van der Waals surface area contributed by atoms with E-state index in [-0.39, 0.29) is 49.6 Å². The van der Waals surface area contributed by atoms with Crippen LogP contribution in [-0.4, -0.2) is 19.9 Å². The Kier molecular flexibility index (Phi) is 12.6. The summed E-state index contributed by atoms with van der Waals surface area (Å²) < 4.78 is 8.31. The number of rotatable bonds is 4. The second-order valence-electron chi connectivity index (χ2n) is 13.5. The summed E-state index contributed by atoms with van der Waals surface area (Å²) in [6.07, 6.45) is 25.3. The van der Waals surface area contributed by atoms with Crippen molar-refractivity contribution >= 4 is 46.4 Å². The normalized spacial score (nSPS) is 11.2. The zero-order valence-electron chi connectivity index (χ0n) is 31.1. The van der Waals surface area contributed by atoms with Crippen molar-refractivity contribution in [1.29, 1.82) is 0 Å². The van der Waals surface area contributed by atoms with Gasteiger partial charge in [0.2, 0.25) is 0 Å². The third kappa shape index (κ3) is 7.74. The van der Waals surface area contributed by atoms with E-state index in [9.17, 15) is 0 Å². The molecule has 2 aliphatic rings. The van der Waals surface area contributed by atoms with Crippen molar-refractivity contribution in [2.24, 2.45) is 28.2 Å². The average molecular weight is 821 g/mol. The van der Waals surface area contributed by atoms with Crippen molar-refractivity contribution in [2.75, 3.05) is 0 Å². The fourth-order valence-corrected chi connectivity index (χ4v) is 7.36. The van der Waals surface area contributed by atoms with E-state index in [1.165, 1.54) is 0 Å². The Balaban J connectivity index is 0.00000150. The molecule has 0 aliphatic carbocycles. The fraction of sp³-hybridized carbons (Fsp3) is 0.0909. The molecular weight excluding hydrogens is 782 g/mol. The Morgan fingerprint density at radius 3 is 0.946 bits per heavy atom. The van der Waals surface area contributed by atoms with Crippen molar-refractivity contribution in [3.8, 4) is 44.5 Å². The van der Waals surface area contributed by atoms with E-state index in [4.69, 9.17) is 9.97 Å². The number of aromatic amines is 2. The highest BCUT2D eigenvalue weighted by Crippen LogP contribution is 2.37. The van der Waals surface area contributed by atoms with E-state index in [0.717, 1.165) is 89.4 Å². The van der Waals surface area contributed by atoms with Gasteiger partial charge in [0.15, 0.2) is 49.6 Å². The lowest BCUT2D eigenvalue weighted by Gasteiger charge is -2.05. The SMILES string of the molecule is C[n+]1cccc(-c2c3nc(c(-c4ccc[n+](C)c4)c4ccc([nH]4)c(-c4ccc[n+](C)c4)c4ccc([nH]4)c(-c4ccc[n+](C)c4)c4nc2C=C4)C=C3)c1.[Cl-].[Cl-].[Cl-].[Cl-]. The number of hydrogen-bond acceptors (Lipinski definition) is 2. The molecule has 7 aromatic rings. The summed E-state index contributed by atoms with van der Waals surface area (Å²) in [4.78, 5) is 18.5. The van der Waals surface area contributed by atoms with Gasteiger partial charge in [0, 0.05) is 85.3 Å². The maximum absolute atomic E-state index is 5.39. The first-order valence-electron chi connectivity index (χ1n) is 17.4. The first kappa shape index (κ1) is 41.5. The molecule has 2 N–H and O–H groups in total. The predicted octanol–water partition coefficient (Wildman–Crippen LogP) is -5.36. The predicted molar refractivity (Wildman–Crippen MR) is 205 cm³/mol. The highest BCUT2D eigenvalue weighted by atomic mass is 35.5. The number of fused-ring (bicyclic) bond motifs is 8. The third-order valence-corrected chi connectivity index (χ3v) is 9.67. The van der Waals surface area contributed by atoms with Gasteiger partial charge in [0.1, 0.15) is 28.2 Å². The summed E-state index contributed by atoms with van der Waals surface area (Å²) in [6.45, 7) is 0. The standard InChI is InChI=1S/C44H38N8.4ClH/c1-49-21-5-9-29(25-49)41-33-13-15-35(45-33)42(30-10-6-22-50(2)26-30)37-17-19-39(47-37)44(32-12-8-24-52(4)28-32)40-20-18-38(48-40)43(36-16-14-34(41)46-36)31-11-7-23-51(3)27-31;;;;/h5-28,45-46H,1-4H3;4*1H/q+4;;;;/p-4. The number of pyridine rings is 4. The van der Waals surface area contributed by atoms with Gasteiger partial charge >= 0.3 is 0 Å². The molecule has 0 unspecified atom stereocenters. The summed E-state index contributed by atoms with van der Waals surface area (Å²) in [5.74, 6) is 0. The van der Waals surface area contributed by atoms with Gasteiger partial charge in [0.25, 0.3) is 0 Å². The van der Waals surface area contributed by atoms with Crippen LogP contribution in [0.5, 0.6) is 0 Å². The van der Waals surface area contributed by atoms with Gasteiger partial charge in [-0.3, -0.25) is 0 Å². The molecule has 7 aromatic heterocycles. The van der Waals surface area contributed by atoms with Crippen LogP contribution in [0.3, 0.4) is 0 Å². The van der Waals surface area contributed by atoms with E-state index in [1.54, 1.807) is 0 Å². The van der Waals surface area contributed by atoms with Crippen LogP contribution in [0.25, 0.3) is 90.9 Å². The Hall–Kier alpha value is -5.64. The summed E-state index contributed by atoms with van der Waals surface area (Å²) in [5, 5.41) is 0. The number of nitrogens with one attached hydrogen (secondary N) is 2. The summed E-state index contributed by atoms with van der Waals surface area (Å²) in [7, 11) is 8.20. The quantitative estimate of drug-likeness (QED) is 0.175. The minimum absolute atomic E-state index is 0.